The Kier molecular flexibility index (Phi) is 4.59. The zero-order valence-corrected chi connectivity index (χ0v) is 14.9. The number of rotatable bonds is 5. The van der Waals surface area contributed by atoms with E-state index in [9.17, 15) is 4.79 Å². The van der Waals surface area contributed by atoms with E-state index in [2.05, 4.69) is 15.2 Å². The zero-order chi connectivity index (χ0) is 17.2. The lowest BCUT2D eigenvalue weighted by atomic mass is 10.1. The van der Waals surface area contributed by atoms with E-state index in [1.807, 2.05) is 24.3 Å². The third-order valence-corrected chi connectivity index (χ3v) is 5.29. The van der Waals surface area contributed by atoms with Crippen LogP contribution in [0.25, 0.3) is 10.9 Å². The molecule has 128 valence electrons. The molecular formula is C17H15ClN4O2S. The molecular weight excluding hydrogens is 360 g/mol. The van der Waals surface area contributed by atoms with Crippen molar-refractivity contribution in [3.05, 3.63) is 46.9 Å². The van der Waals surface area contributed by atoms with Crippen molar-refractivity contribution < 1.29 is 9.21 Å². The van der Waals surface area contributed by atoms with Gasteiger partial charge >= 0.3 is 0 Å². The second-order valence-corrected chi connectivity index (χ2v) is 7.11. The van der Waals surface area contributed by atoms with E-state index in [1.165, 1.54) is 11.8 Å². The van der Waals surface area contributed by atoms with Crippen molar-refractivity contribution >= 4 is 40.2 Å². The molecule has 1 amide bonds. The van der Waals surface area contributed by atoms with Gasteiger partial charge in [-0.05, 0) is 30.2 Å². The van der Waals surface area contributed by atoms with Gasteiger partial charge in [0.2, 0.25) is 11.8 Å². The quantitative estimate of drug-likeness (QED) is 0.634. The Morgan fingerprint density at radius 1 is 1.28 bits per heavy atom. The van der Waals surface area contributed by atoms with Crippen LogP contribution in [0, 0.1) is 0 Å². The fourth-order valence-corrected chi connectivity index (χ4v) is 3.83. The molecule has 1 fully saturated rings. The summed E-state index contributed by atoms with van der Waals surface area (Å²) in [7, 11) is 0. The molecule has 0 N–H and O–H groups in total. The summed E-state index contributed by atoms with van der Waals surface area (Å²) in [4.78, 5) is 17.8. The molecule has 8 heteroatoms. The Morgan fingerprint density at radius 3 is 3.04 bits per heavy atom. The topological polar surface area (TPSA) is 72.1 Å². The lowest BCUT2D eigenvalue weighted by Crippen LogP contribution is -2.23. The van der Waals surface area contributed by atoms with E-state index < -0.39 is 0 Å². The zero-order valence-electron chi connectivity index (χ0n) is 13.3. The number of nitrogens with zero attached hydrogens (tertiary/aromatic N) is 4. The number of amides is 1. The summed E-state index contributed by atoms with van der Waals surface area (Å²) in [6.45, 7) is 1.14. The predicted molar refractivity (Wildman–Crippen MR) is 95.3 cm³/mol. The minimum atomic E-state index is 0.145. The number of hydrogen-bond acceptors (Lipinski definition) is 6. The molecule has 4 rings (SSSR count). The van der Waals surface area contributed by atoms with Crippen molar-refractivity contribution in [2.45, 2.75) is 30.4 Å². The number of pyridine rings is 1. The SMILES string of the molecule is O=C1CCCN1Cc1nnc(SCc2ccc(Cl)c3cccnc23)o1. The molecule has 25 heavy (non-hydrogen) atoms. The first kappa shape index (κ1) is 16.4. The summed E-state index contributed by atoms with van der Waals surface area (Å²) >= 11 is 7.67. The van der Waals surface area contributed by atoms with Crippen LogP contribution in [0.3, 0.4) is 0 Å². The predicted octanol–water partition coefficient (Wildman–Crippen LogP) is 3.69. The van der Waals surface area contributed by atoms with Gasteiger partial charge in [-0.3, -0.25) is 9.78 Å². The smallest absolute Gasteiger partial charge is 0.276 e. The van der Waals surface area contributed by atoms with E-state index in [-0.39, 0.29) is 5.91 Å². The largest absolute Gasteiger partial charge is 0.414 e. The normalized spacial score (nSPS) is 14.6. The summed E-state index contributed by atoms with van der Waals surface area (Å²) in [5.41, 5.74) is 1.93. The first-order chi connectivity index (χ1) is 12.2. The maximum absolute atomic E-state index is 11.7. The van der Waals surface area contributed by atoms with Crippen LogP contribution in [0.2, 0.25) is 5.02 Å². The number of thioether (sulfide) groups is 1. The number of halogens is 1. The highest BCUT2D eigenvalue weighted by Gasteiger charge is 2.22. The van der Waals surface area contributed by atoms with Gasteiger partial charge in [-0.1, -0.05) is 29.4 Å². The van der Waals surface area contributed by atoms with Gasteiger partial charge in [-0.25, -0.2) is 0 Å². The molecule has 1 saturated heterocycles. The van der Waals surface area contributed by atoms with Gasteiger partial charge < -0.3 is 9.32 Å². The summed E-state index contributed by atoms with van der Waals surface area (Å²) < 4.78 is 5.65. The molecule has 0 atom stereocenters. The van der Waals surface area contributed by atoms with Gasteiger partial charge in [0.25, 0.3) is 5.22 Å². The molecule has 1 aromatic carbocycles. The van der Waals surface area contributed by atoms with Gasteiger partial charge in [0, 0.05) is 35.3 Å². The van der Waals surface area contributed by atoms with E-state index in [0.717, 1.165) is 29.4 Å². The molecule has 0 aliphatic carbocycles. The summed E-state index contributed by atoms with van der Waals surface area (Å²) in [6.07, 6.45) is 3.25. The fourth-order valence-electron chi connectivity index (χ4n) is 2.85. The van der Waals surface area contributed by atoms with Crippen molar-refractivity contribution in [2.24, 2.45) is 0 Å². The second kappa shape index (κ2) is 7.01. The highest BCUT2D eigenvalue weighted by molar-refractivity contribution is 7.98. The molecule has 0 saturated carbocycles. The van der Waals surface area contributed by atoms with Crippen LogP contribution in [0.5, 0.6) is 0 Å². The Hall–Kier alpha value is -2.12. The van der Waals surface area contributed by atoms with Crippen molar-refractivity contribution in [3.63, 3.8) is 0 Å². The highest BCUT2D eigenvalue weighted by Crippen LogP contribution is 2.29. The number of benzene rings is 1. The number of carbonyl (C=O) groups is 1. The Bertz CT molecular complexity index is 930. The summed E-state index contributed by atoms with van der Waals surface area (Å²) in [5, 5.41) is 10.2. The minimum absolute atomic E-state index is 0.145. The fraction of sp³-hybridized carbons (Fsp3) is 0.294. The average Bonchev–Trinajstić information content (AvgIpc) is 3.24. The Morgan fingerprint density at radius 2 is 2.20 bits per heavy atom. The van der Waals surface area contributed by atoms with Crippen LogP contribution in [0.15, 0.2) is 40.1 Å². The van der Waals surface area contributed by atoms with E-state index in [0.29, 0.717) is 34.9 Å². The van der Waals surface area contributed by atoms with Gasteiger partial charge in [0.15, 0.2) is 0 Å². The monoisotopic (exact) mass is 374 g/mol. The van der Waals surface area contributed by atoms with Crippen molar-refractivity contribution in [2.75, 3.05) is 6.54 Å². The van der Waals surface area contributed by atoms with E-state index in [1.54, 1.807) is 11.1 Å². The molecule has 3 aromatic rings. The lowest BCUT2D eigenvalue weighted by molar-refractivity contribution is -0.128. The molecule has 3 heterocycles. The van der Waals surface area contributed by atoms with Crippen LogP contribution >= 0.6 is 23.4 Å². The number of carbonyl (C=O) groups excluding carboxylic acids is 1. The summed E-state index contributed by atoms with van der Waals surface area (Å²) in [5.74, 6) is 1.26. The number of likely N-dealkylation sites (tertiary alicyclic amines) is 1. The molecule has 0 bridgehead atoms. The molecule has 0 spiro atoms. The maximum atomic E-state index is 11.7. The Labute approximate surface area is 153 Å². The molecule has 0 radical (unpaired) electrons. The molecule has 1 aliphatic rings. The van der Waals surface area contributed by atoms with Gasteiger partial charge in [0.1, 0.15) is 0 Å². The maximum Gasteiger partial charge on any atom is 0.276 e. The van der Waals surface area contributed by atoms with Crippen LogP contribution < -0.4 is 0 Å². The van der Waals surface area contributed by atoms with Gasteiger partial charge in [0.05, 0.1) is 12.1 Å². The van der Waals surface area contributed by atoms with E-state index in [4.69, 9.17) is 16.0 Å². The third-order valence-electron chi connectivity index (χ3n) is 4.10. The van der Waals surface area contributed by atoms with Crippen molar-refractivity contribution in [1.82, 2.24) is 20.1 Å². The van der Waals surface area contributed by atoms with Crippen LogP contribution in [-0.4, -0.2) is 32.5 Å². The Balaban J connectivity index is 1.45. The van der Waals surface area contributed by atoms with E-state index >= 15 is 0 Å². The first-order valence-electron chi connectivity index (χ1n) is 7.96. The molecule has 0 unspecified atom stereocenters. The molecule has 2 aromatic heterocycles. The third kappa shape index (κ3) is 3.48. The molecule has 6 nitrogen and oxygen atoms in total. The highest BCUT2D eigenvalue weighted by atomic mass is 35.5. The van der Waals surface area contributed by atoms with Gasteiger partial charge in [-0.2, -0.15) is 0 Å². The van der Waals surface area contributed by atoms with Crippen molar-refractivity contribution in [1.29, 1.82) is 0 Å². The van der Waals surface area contributed by atoms with Crippen LogP contribution in [0.4, 0.5) is 0 Å². The average molecular weight is 375 g/mol. The lowest BCUT2D eigenvalue weighted by Gasteiger charge is -2.11. The number of fused-ring (bicyclic) bond motifs is 1. The molecule has 1 aliphatic heterocycles. The number of aromatic nitrogens is 3. The van der Waals surface area contributed by atoms with Crippen LogP contribution in [-0.2, 0) is 17.1 Å². The first-order valence-corrected chi connectivity index (χ1v) is 9.32. The second-order valence-electron chi connectivity index (χ2n) is 5.78. The standard InChI is InChI=1S/C17H15ClN4O2S/c18-13-6-5-11(16-12(13)3-1-7-19-16)10-25-17-21-20-14(24-17)9-22-8-2-4-15(22)23/h1,3,5-7H,2,4,8-10H2. The summed E-state index contributed by atoms with van der Waals surface area (Å²) in [6, 6.07) is 7.66. The van der Waals surface area contributed by atoms with Crippen molar-refractivity contribution in [3.8, 4) is 0 Å². The van der Waals surface area contributed by atoms with Gasteiger partial charge in [-0.15, -0.1) is 10.2 Å². The minimum Gasteiger partial charge on any atom is -0.414 e. The number of hydrogen-bond donors (Lipinski definition) is 0. The van der Waals surface area contributed by atoms with Crippen LogP contribution in [0.1, 0.15) is 24.3 Å².